The third kappa shape index (κ3) is 3.10. The summed E-state index contributed by atoms with van der Waals surface area (Å²) < 4.78 is 27.5. The van der Waals surface area contributed by atoms with Gasteiger partial charge in [0.1, 0.15) is 17.3 Å². The van der Waals surface area contributed by atoms with Crippen LogP contribution >= 0.6 is 0 Å². The van der Waals surface area contributed by atoms with Crippen molar-refractivity contribution < 1.29 is 18.4 Å². The minimum absolute atomic E-state index is 0.0922. The summed E-state index contributed by atoms with van der Waals surface area (Å²) in [6.45, 7) is 1.32. The van der Waals surface area contributed by atoms with Crippen LogP contribution in [-0.2, 0) is 4.79 Å². The number of fused-ring (bicyclic) bond motifs is 1. The third-order valence-corrected chi connectivity index (χ3v) is 3.39. The number of carbonyl (C=O) groups is 2. The lowest BCUT2D eigenvalue weighted by Crippen LogP contribution is -2.14. The molecule has 0 saturated heterocycles. The number of aromatic nitrogens is 1. The molecule has 1 heterocycles. The highest BCUT2D eigenvalue weighted by atomic mass is 19.1. The van der Waals surface area contributed by atoms with Crippen LogP contribution in [0, 0.1) is 11.6 Å². The second-order valence-corrected chi connectivity index (χ2v) is 5.21. The maximum atomic E-state index is 13.9. The Balaban J connectivity index is 1.88. The smallest absolute Gasteiger partial charge is 0.272 e. The van der Waals surface area contributed by atoms with Crippen LogP contribution in [0.25, 0.3) is 10.9 Å². The zero-order chi connectivity index (χ0) is 17.3. The molecule has 0 unspecified atom stereocenters. The summed E-state index contributed by atoms with van der Waals surface area (Å²) in [6, 6.07) is 9.61. The lowest BCUT2D eigenvalue weighted by Gasteiger charge is -2.08. The number of amides is 2. The monoisotopic (exact) mass is 329 g/mol. The van der Waals surface area contributed by atoms with Gasteiger partial charge in [0.2, 0.25) is 5.91 Å². The van der Waals surface area contributed by atoms with Gasteiger partial charge in [0.05, 0.1) is 5.69 Å². The van der Waals surface area contributed by atoms with Crippen molar-refractivity contribution in [3.8, 4) is 0 Å². The van der Waals surface area contributed by atoms with E-state index in [2.05, 4.69) is 15.6 Å². The molecule has 3 aromatic rings. The Kier molecular flexibility index (Phi) is 3.99. The number of halogens is 2. The lowest BCUT2D eigenvalue weighted by atomic mass is 10.2. The molecule has 5 nitrogen and oxygen atoms in total. The highest BCUT2D eigenvalue weighted by Crippen LogP contribution is 2.22. The molecule has 7 heteroatoms. The van der Waals surface area contributed by atoms with Gasteiger partial charge in [0, 0.05) is 23.5 Å². The van der Waals surface area contributed by atoms with E-state index in [9.17, 15) is 18.4 Å². The topological polar surface area (TPSA) is 74.0 Å². The molecule has 0 aliphatic rings. The van der Waals surface area contributed by atoms with Crippen molar-refractivity contribution in [3.05, 3.63) is 59.8 Å². The van der Waals surface area contributed by atoms with Crippen LogP contribution in [0.1, 0.15) is 17.4 Å². The molecular weight excluding hydrogens is 316 g/mol. The summed E-state index contributed by atoms with van der Waals surface area (Å²) >= 11 is 0. The number of rotatable bonds is 3. The summed E-state index contributed by atoms with van der Waals surface area (Å²) in [4.78, 5) is 26.1. The van der Waals surface area contributed by atoms with Crippen molar-refractivity contribution in [1.29, 1.82) is 0 Å². The van der Waals surface area contributed by atoms with Gasteiger partial charge in [-0.05, 0) is 36.4 Å². The third-order valence-electron chi connectivity index (χ3n) is 3.39. The fourth-order valence-corrected chi connectivity index (χ4v) is 2.33. The van der Waals surface area contributed by atoms with Crippen molar-refractivity contribution in [3.63, 3.8) is 0 Å². The van der Waals surface area contributed by atoms with Crippen LogP contribution in [0.4, 0.5) is 20.2 Å². The Labute approximate surface area is 135 Å². The molecule has 3 N–H and O–H groups in total. The Morgan fingerprint density at radius 3 is 2.50 bits per heavy atom. The van der Waals surface area contributed by atoms with Gasteiger partial charge in [-0.2, -0.15) is 0 Å². The van der Waals surface area contributed by atoms with Gasteiger partial charge in [0.25, 0.3) is 5.91 Å². The van der Waals surface area contributed by atoms with Crippen LogP contribution in [0.15, 0.2) is 42.5 Å². The molecule has 24 heavy (non-hydrogen) atoms. The largest absolute Gasteiger partial charge is 0.350 e. The summed E-state index contributed by atoms with van der Waals surface area (Å²) in [6.07, 6.45) is 0. The minimum Gasteiger partial charge on any atom is -0.350 e. The molecule has 1 aromatic heterocycles. The van der Waals surface area contributed by atoms with Crippen LogP contribution in [0.2, 0.25) is 0 Å². The first-order valence-corrected chi connectivity index (χ1v) is 7.10. The molecule has 0 atom stereocenters. The Bertz CT molecular complexity index is 950. The van der Waals surface area contributed by atoms with E-state index in [4.69, 9.17) is 0 Å². The van der Waals surface area contributed by atoms with Gasteiger partial charge in [0.15, 0.2) is 0 Å². The first-order chi connectivity index (χ1) is 11.4. The summed E-state index contributed by atoms with van der Waals surface area (Å²) in [5.74, 6) is -2.05. The zero-order valence-electron chi connectivity index (χ0n) is 12.6. The normalized spacial score (nSPS) is 10.6. The number of H-pyrrole nitrogens is 1. The van der Waals surface area contributed by atoms with Gasteiger partial charge in [-0.3, -0.25) is 9.59 Å². The van der Waals surface area contributed by atoms with E-state index < -0.39 is 17.5 Å². The molecule has 0 radical (unpaired) electrons. The molecule has 122 valence electrons. The van der Waals surface area contributed by atoms with Gasteiger partial charge in [-0.25, -0.2) is 8.78 Å². The Hall–Kier alpha value is -3.22. The molecule has 2 aromatic carbocycles. The Morgan fingerprint density at radius 2 is 1.79 bits per heavy atom. The molecule has 0 fully saturated rings. The van der Waals surface area contributed by atoms with Crippen molar-refractivity contribution in [1.82, 2.24) is 4.98 Å². The number of aromatic amines is 1. The van der Waals surface area contributed by atoms with Crippen molar-refractivity contribution in [2.75, 3.05) is 10.6 Å². The van der Waals surface area contributed by atoms with E-state index >= 15 is 0 Å². The lowest BCUT2D eigenvalue weighted by molar-refractivity contribution is -0.114. The molecule has 0 aliphatic heterocycles. The van der Waals surface area contributed by atoms with Crippen LogP contribution in [0.3, 0.4) is 0 Å². The van der Waals surface area contributed by atoms with E-state index in [-0.39, 0.29) is 22.7 Å². The second kappa shape index (κ2) is 6.11. The summed E-state index contributed by atoms with van der Waals surface area (Å²) in [5, 5.41) is 5.17. The quantitative estimate of drug-likeness (QED) is 0.686. The standard InChI is InChI=1S/C17H13F2N3O2/c1-9(23)20-10-5-6-13(19)15(7-10)22-17(24)16-8-11-12(18)3-2-4-14(11)21-16/h2-8,21H,1H3,(H,20,23)(H,22,24). The van der Waals surface area contributed by atoms with Crippen molar-refractivity contribution in [2.45, 2.75) is 6.92 Å². The molecule has 0 aliphatic carbocycles. The van der Waals surface area contributed by atoms with Crippen LogP contribution in [0.5, 0.6) is 0 Å². The van der Waals surface area contributed by atoms with E-state index in [1.54, 1.807) is 6.07 Å². The average Bonchev–Trinajstić information content (AvgIpc) is 2.96. The number of benzene rings is 2. The number of carbonyl (C=O) groups excluding carboxylic acids is 2. The fourth-order valence-electron chi connectivity index (χ4n) is 2.33. The number of anilines is 2. The molecular formula is C17H13F2N3O2. The van der Waals surface area contributed by atoms with E-state index in [0.29, 0.717) is 11.2 Å². The average molecular weight is 329 g/mol. The first kappa shape index (κ1) is 15.7. The first-order valence-electron chi connectivity index (χ1n) is 7.10. The minimum atomic E-state index is -0.653. The molecule has 3 rings (SSSR count). The molecule has 0 spiro atoms. The van der Waals surface area contributed by atoms with Crippen molar-refractivity contribution in [2.24, 2.45) is 0 Å². The maximum Gasteiger partial charge on any atom is 0.272 e. The van der Waals surface area contributed by atoms with E-state index in [1.807, 2.05) is 0 Å². The van der Waals surface area contributed by atoms with Gasteiger partial charge in [-0.1, -0.05) is 6.07 Å². The highest BCUT2D eigenvalue weighted by Gasteiger charge is 2.14. The van der Waals surface area contributed by atoms with Crippen molar-refractivity contribution >= 4 is 34.1 Å². The fraction of sp³-hybridized carbons (Fsp3) is 0.0588. The maximum absolute atomic E-state index is 13.9. The summed E-state index contributed by atoms with van der Waals surface area (Å²) in [5.41, 5.74) is 0.819. The molecule has 2 amide bonds. The number of nitrogens with one attached hydrogen (secondary N) is 3. The van der Waals surface area contributed by atoms with Gasteiger partial charge >= 0.3 is 0 Å². The van der Waals surface area contributed by atoms with Crippen LogP contribution < -0.4 is 10.6 Å². The van der Waals surface area contributed by atoms with Gasteiger partial charge < -0.3 is 15.6 Å². The summed E-state index contributed by atoms with van der Waals surface area (Å²) in [7, 11) is 0. The van der Waals surface area contributed by atoms with Crippen LogP contribution in [-0.4, -0.2) is 16.8 Å². The SMILES string of the molecule is CC(=O)Nc1ccc(F)c(NC(=O)c2cc3c(F)cccc3[nH]2)c1. The predicted molar refractivity (Wildman–Crippen MR) is 86.9 cm³/mol. The molecule has 0 bridgehead atoms. The molecule has 0 saturated carbocycles. The number of hydrogen-bond donors (Lipinski definition) is 3. The van der Waals surface area contributed by atoms with E-state index in [1.165, 1.54) is 37.3 Å². The van der Waals surface area contributed by atoms with Gasteiger partial charge in [-0.15, -0.1) is 0 Å². The second-order valence-electron chi connectivity index (χ2n) is 5.21. The highest BCUT2D eigenvalue weighted by molar-refractivity contribution is 6.06. The van der Waals surface area contributed by atoms with E-state index in [0.717, 1.165) is 6.07 Å². The Morgan fingerprint density at radius 1 is 1.00 bits per heavy atom. The predicted octanol–water partition coefficient (Wildman–Crippen LogP) is 3.66. The number of hydrogen-bond acceptors (Lipinski definition) is 2. The zero-order valence-corrected chi connectivity index (χ0v) is 12.6.